The molecule has 1 fully saturated rings. The third-order valence-electron chi connectivity index (χ3n) is 3.62. The van der Waals surface area contributed by atoms with Crippen molar-refractivity contribution in [1.29, 1.82) is 0 Å². The molecule has 0 atom stereocenters. The predicted molar refractivity (Wildman–Crippen MR) is 92.8 cm³/mol. The van der Waals surface area contributed by atoms with E-state index < -0.39 is 10.8 Å². The van der Waals surface area contributed by atoms with Crippen LogP contribution in [0, 0.1) is 0 Å². The average molecular weight is 341 g/mol. The van der Waals surface area contributed by atoms with Crippen LogP contribution in [-0.2, 0) is 10.8 Å². The lowest BCUT2D eigenvalue weighted by molar-refractivity contribution is 0.0722. The van der Waals surface area contributed by atoms with Crippen molar-refractivity contribution >= 4 is 28.5 Å². The van der Waals surface area contributed by atoms with Gasteiger partial charge in [0.1, 0.15) is 0 Å². The van der Waals surface area contributed by atoms with Crippen LogP contribution in [0.1, 0.15) is 44.0 Å². The van der Waals surface area contributed by atoms with E-state index in [2.05, 4.69) is 25.8 Å². The van der Waals surface area contributed by atoms with Crippen LogP contribution in [0.2, 0.25) is 0 Å². The standard InChI is InChI=1S/C16H24N2O2S2/c1-16(2,3)21-14-11-12(5-8-17-14)15(19)18(4)13-6-9-22(20)10-7-13/h5,8,11,13H,6-7,9-10H2,1-4H3. The number of carbonyl (C=O) groups is 1. The number of carbonyl (C=O) groups excluding carboxylic acids is 1. The summed E-state index contributed by atoms with van der Waals surface area (Å²) in [6, 6.07) is 3.83. The number of nitrogens with zero attached hydrogens (tertiary/aromatic N) is 2. The maximum Gasteiger partial charge on any atom is 0.253 e. The highest BCUT2D eigenvalue weighted by molar-refractivity contribution is 8.00. The Hall–Kier alpha value is -0.880. The monoisotopic (exact) mass is 340 g/mol. The van der Waals surface area contributed by atoms with Gasteiger partial charge in [-0.05, 0) is 25.0 Å². The summed E-state index contributed by atoms with van der Waals surface area (Å²) in [5, 5.41) is 0.872. The van der Waals surface area contributed by atoms with E-state index in [9.17, 15) is 9.00 Å². The number of pyridine rings is 1. The third-order valence-corrected chi connectivity index (χ3v) is 6.04. The van der Waals surface area contributed by atoms with Crippen molar-refractivity contribution in [2.75, 3.05) is 18.6 Å². The molecule has 0 saturated carbocycles. The zero-order valence-corrected chi connectivity index (χ0v) is 15.3. The van der Waals surface area contributed by atoms with E-state index in [0.29, 0.717) is 17.1 Å². The molecular weight excluding hydrogens is 316 g/mol. The second-order valence-electron chi connectivity index (χ2n) is 6.59. The van der Waals surface area contributed by atoms with E-state index in [-0.39, 0.29) is 16.7 Å². The summed E-state index contributed by atoms with van der Waals surface area (Å²) in [6.45, 7) is 6.38. The lowest BCUT2D eigenvalue weighted by Gasteiger charge is -2.31. The first kappa shape index (κ1) is 17.5. The molecule has 0 N–H and O–H groups in total. The van der Waals surface area contributed by atoms with Gasteiger partial charge < -0.3 is 4.90 Å². The SMILES string of the molecule is CN(C(=O)c1ccnc(SC(C)(C)C)c1)C1CCS(=O)CC1. The van der Waals surface area contributed by atoms with Gasteiger partial charge >= 0.3 is 0 Å². The zero-order chi connectivity index (χ0) is 16.3. The van der Waals surface area contributed by atoms with Crippen molar-refractivity contribution in [3.05, 3.63) is 23.9 Å². The molecule has 0 aromatic carbocycles. The van der Waals surface area contributed by atoms with Gasteiger partial charge in [0.2, 0.25) is 0 Å². The molecule has 0 spiro atoms. The Morgan fingerprint density at radius 2 is 2.00 bits per heavy atom. The zero-order valence-electron chi connectivity index (χ0n) is 13.7. The smallest absolute Gasteiger partial charge is 0.253 e. The van der Waals surface area contributed by atoms with Gasteiger partial charge in [0, 0.05) is 51.9 Å². The van der Waals surface area contributed by atoms with Gasteiger partial charge in [-0.2, -0.15) is 0 Å². The number of amides is 1. The Balaban J connectivity index is 2.08. The molecular formula is C16H24N2O2S2. The minimum atomic E-state index is -0.702. The Morgan fingerprint density at radius 3 is 2.59 bits per heavy atom. The van der Waals surface area contributed by atoms with Gasteiger partial charge in [-0.25, -0.2) is 4.98 Å². The second-order valence-corrected chi connectivity index (χ2v) is 10.1. The van der Waals surface area contributed by atoms with Crippen molar-refractivity contribution in [2.24, 2.45) is 0 Å². The molecule has 1 saturated heterocycles. The Morgan fingerprint density at radius 1 is 1.36 bits per heavy atom. The van der Waals surface area contributed by atoms with Crippen molar-refractivity contribution in [3.8, 4) is 0 Å². The van der Waals surface area contributed by atoms with Gasteiger partial charge in [0.25, 0.3) is 5.91 Å². The summed E-state index contributed by atoms with van der Waals surface area (Å²) in [5.41, 5.74) is 0.677. The van der Waals surface area contributed by atoms with Crippen LogP contribution in [0.3, 0.4) is 0 Å². The second kappa shape index (κ2) is 7.13. The highest BCUT2D eigenvalue weighted by Gasteiger charge is 2.26. The Labute approximate surface area is 139 Å². The molecule has 6 heteroatoms. The summed E-state index contributed by atoms with van der Waals surface area (Å²) < 4.78 is 11.5. The Kier molecular flexibility index (Phi) is 5.66. The van der Waals surface area contributed by atoms with E-state index in [0.717, 1.165) is 17.9 Å². The molecule has 2 rings (SSSR count). The van der Waals surface area contributed by atoms with E-state index in [1.54, 1.807) is 28.9 Å². The molecule has 0 aliphatic carbocycles. The van der Waals surface area contributed by atoms with Crippen LogP contribution in [0.15, 0.2) is 23.4 Å². The first-order valence-electron chi connectivity index (χ1n) is 7.53. The molecule has 1 aromatic heterocycles. The Bertz CT molecular complexity index is 560. The van der Waals surface area contributed by atoms with Gasteiger partial charge in [0.05, 0.1) is 5.03 Å². The molecule has 0 radical (unpaired) electrons. The molecule has 4 nitrogen and oxygen atoms in total. The van der Waals surface area contributed by atoms with E-state index in [4.69, 9.17) is 0 Å². The number of thioether (sulfide) groups is 1. The normalized spacial score (nSPS) is 22.4. The summed E-state index contributed by atoms with van der Waals surface area (Å²) in [5.74, 6) is 1.42. The summed E-state index contributed by atoms with van der Waals surface area (Å²) in [7, 11) is 1.14. The maximum absolute atomic E-state index is 12.7. The quantitative estimate of drug-likeness (QED) is 0.794. The highest BCUT2D eigenvalue weighted by Crippen LogP contribution is 2.30. The molecule has 22 heavy (non-hydrogen) atoms. The fourth-order valence-electron chi connectivity index (χ4n) is 2.45. The van der Waals surface area contributed by atoms with Crippen molar-refractivity contribution in [1.82, 2.24) is 9.88 Å². The van der Waals surface area contributed by atoms with Crippen molar-refractivity contribution in [2.45, 2.75) is 49.4 Å². The predicted octanol–water partition coefficient (Wildman–Crippen LogP) is 2.96. The van der Waals surface area contributed by atoms with Crippen molar-refractivity contribution in [3.63, 3.8) is 0 Å². The molecule has 1 aliphatic heterocycles. The van der Waals surface area contributed by atoms with Crippen LogP contribution < -0.4 is 0 Å². The first-order chi connectivity index (χ1) is 10.3. The van der Waals surface area contributed by atoms with Crippen molar-refractivity contribution < 1.29 is 9.00 Å². The number of aromatic nitrogens is 1. The number of hydrogen-bond acceptors (Lipinski definition) is 4. The molecule has 1 aromatic rings. The lowest BCUT2D eigenvalue weighted by Crippen LogP contribution is -2.41. The fraction of sp³-hybridized carbons (Fsp3) is 0.625. The van der Waals surface area contributed by atoms with Crippen LogP contribution in [0.4, 0.5) is 0 Å². The highest BCUT2D eigenvalue weighted by atomic mass is 32.2. The third kappa shape index (κ3) is 4.81. The molecule has 2 heterocycles. The largest absolute Gasteiger partial charge is 0.339 e. The molecule has 0 bridgehead atoms. The molecule has 1 amide bonds. The average Bonchev–Trinajstić information content (AvgIpc) is 2.45. The van der Waals surface area contributed by atoms with E-state index in [1.807, 2.05) is 13.1 Å². The molecule has 1 aliphatic rings. The minimum absolute atomic E-state index is 0.0239. The van der Waals surface area contributed by atoms with E-state index in [1.165, 1.54) is 0 Å². The first-order valence-corrected chi connectivity index (χ1v) is 9.84. The van der Waals surface area contributed by atoms with Crippen LogP contribution in [-0.4, -0.2) is 49.3 Å². The summed E-state index contributed by atoms with van der Waals surface area (Å²) in [6.07, 6.45) is 3.35. The van der Waals surface area contributed by atoms with Crippen LogP contribution in [0.5, 0.6) is 0 Å². The minimum Gasteiger partial charge on any atom is -0.339 e. The molecule has 122 valence electrons. The maximum atomic E-state index is 12.7. The fourth-order valence-corrected chi connectivity index (χ4v) is 4.65. The van der Waals surface area contributed by atoms with E-state index >= 15 is 0 Å². The number of hydrogen-bond donors (Lipinski definition) is 0. The van der Waals surface area contributed by atoms with Gasteiger partial charge in [0.15, 0.2) is 0 Å². The van der Waals surface area contributed by atoms with Gasteiger partial charge in [-0.1, -0.05) is 20.8 Å². The van der Waals surface area contributed by atoms with Crippen LogP contribution >= 0.6 is 11.8 Å². The summed E-state index contributed by atoms with van der Waals surface area (Å²) in [4.78, 5) is 18.8. The van der Waals surface area contributed by atoms with Gasteiger partial charge in [-0.15, -0.1) is 11.8 Å². The summed E-state index contributed by atoms with van der Waals surface area (Å²) >= 11 is 1.66. The molecule has 0 unspecified atom stereocenters. The lowest BCUT2D eigenvalue weighted by atomic mass is 10.1. The van der Waals surface area contributed by atoms with Crippen LogP contribution in [0.25, 0.3) is 0 Å². The topological polar surface area (TPSA) is 50.3 Å². The van der Waals surface area contributed by atoms with Gasteiger partial charge in [-0.3, -0.25) is 9.00 Å². The number of rotatable bonds is 3.